The van der Waals surface area contributed by atoms with E-state index in [9.17, 15) is 4.79 Å². The summed E-state index contributed by atoms with van der Waals surface area (Å²) in [6, 6.07) is 0.122. The third-order valence-electron chi connectivity index (χ3n) is 1.33. The lowest BCUT2D eigenvalue weighted by Crippen LogP contribution is -2.40. The fourth-order valence-corrected chi connectivity index (χ4v) is 0.790. The lowest BCUT2D eigenvalue weighted by Gasteiger charge is -2.10. The zero-order chi connectivity index (χ0) is 10.3. The lowest BCUT2D eigenvalue weighted by molar-refractivity contribution is -0.120. The van der Waals surface area contributed by atoms with Gasteiger partial charge in [-0.3, -0.25) is 4.79 Å². The number of aliphatic hydroxyl groups is 2. The Morgan fingerprint density at radius 3 is 2.54 bits per heavy atom. The van der Waals surface area contributed by atoms with Crippen molar-refractivity contribution in [3.63, 3.8) is 0 Å². The minimum Gasteiger partial charge on any atom is -0.394 e. The fourth-order valence-electron chi connectivity index (χ4n) is 0.790. The zero-order valence-electron chi connectivity index (χ0n) is 8.08. The molecule has 13 heavy (non-hydrogen) atoms. The summed E-state index contributed by atoms with van der Waals surface area (Å²) in [5, 5.41) is 22.8. The van der Waals surface area contributed by atoms with Crippen molar-refractivity contribution in [2.45, 2.75) is 26.0 Å². The maximum atomic E-state index is 11.0. The van der Waals surface area contributed by atoms with Crippen LogP contribution in [-0.4, -0.2) is 48.0 Å². The van der Waals surface area contributed by atoms with E-state index >= 15 is 0 Å². The highest BCUT2D eigenvalue weighted by atomic mass is 16.3. The standard InChI is InChI=1S/C8H18N2O3/c1-6(2)10-8(13)4-9-3-7(12)5-11/h6-7,9,11-12H,3-5H2,1-2H3,(H,10,13). The van der Waals surface area contributed by atoms with E-state index in [1.807, 2.05) is 13.8 Å². The van der Waals surface area contributed by atoms with Gasteiger partial charge in [0.15, 0.2) is 0 Å². The summed E-state index contributed by atoms with van der Waals surface area (Å²) < 4.78 is 0. The van der Waals surface area contributed by atoms with Crippen molar-refractivity contribution < 1.29 is 15.0 Å². The van der Waals surface area contributed by atoms with Gasteiger partial charge in [0.2, 0.25) is 5.91 Å². The molecule has 0 radical (unpaired) electrons. The van der Waals surface area contributed by atoms with Crippen LogP contribution in [-0.2, 0) is 4.79 Å². The van der Waals surface area contributed by atoms with Gasteiger partial charge >= 0.3 is 0 Å². The van der Waals surface area contributed by atoms with Crippen LogP contribution in [0.4, 0.5) is 0 Å². The average molecular weight is 190 g/mol. The first-order valence-electron chi connectivity index (χ1n) is 4.35. The molecule has 0 fully saturated rings. The van der Waals surface area contributed by atoms with Gasteiger partial charge in [0.25, 0.3) is 0 Å². The lowest BCUT2D eigenvalue weighted by atomic mass is 10.3. The van der Waals surface area contributed by atoms with Crippen molar-refractivity contribution in [1.82, 2.24) is 10.6 Å². The minimum atomic E-state index is -0.799. The summed E-state index contributed by atoms with van der Waals surface area (Å²) in [6.45, 7) is 3.84. The number of aliphatic hydroxyl groups excluding tert-OH is 2. The second-order valence-electron chi connectivity index (χ2n) is 3.19. The normalized spacial score (nSPS) is 13.0. The molecule has 0 rings (SSSR count). The molecule has 5 heteroatoms. The first kappa shape index (κ1) is 12.3. The topological polar surface area (TPSA) is 81.6 Å². The Hall–Kier alpha value is -0.650. The molecule has 0 aliphatic carbocycles. The molecule has 0 heterocycles. The molecule has 78 valence electrons. The summed E-state index contributed by atoms with van der Waals surface area (Å²) in [5.74, 6) is -0.111. The first-order chi connectivity index (χ1) is 6.06. The Bertz CT molecular complexity index is 150. The number of nitrogens with one attached hydrogen (secondary N) is 2. The van der Waals surface area contributed by atoms with Gasteiger partial charge in [-0.1, -0.05) is 0 Å². The smallest absolute Gasteiger partial charge is 0.234 e. The molecule has 1 amide bonds. The number of carbonyl (C=O) groups is 1. The van der Waals surface area contributed by atoms with Gasteiger partial charge < -0.3 is 20.8 Å². The summed E-state index contributed by atoms with van der Waals surface area (Å²) in [4.78, 5) is 11.0. The van der Waals surface area contributed by atoms with E-state index in [1.165, 1.54) is 0 Å². The first-order valence-corrected chi connectivity index (χ1v) is 4.35. The summed E-state index contributed by atoms with van der Waals surface area (Å²) in [5.41, 5.74) is 0. The van der Waals surface area contributed by atoms with E-state index in [0.29, 0.717) is 0 Å². The molecule has 0 saturated heterocycles. The number of carbonyl (C=O) groups excluding carboxylic acids is 1. The van der Waals surface area contributed by atoms with E-state index in [2.05, 4.69) is 10.6 Å². The van der Waals surface area contributed by atoms with Crippen molar-refractivity contribution in [1.29, 1.82) is 0 Å². The second-order valence-corrected chi connectivity index (χ2v) is 3.19. The molecule has 0 saturated carbocycles. The van der Waals surface area contributed by atoms with Gasteiger partial charge in [-0.2, -0.15) is 0 Å². The van der Waals surface area contributed by atoms with E-state index < -0.39 is 6.10 Å². The monoisotopic (exact) mass is 190 g/mol. The fraction of sp³-hybridized carbons (Fsp3) is 0.875. The van der Waals surface area contributed by atoms with Gasteiger partial charge in [-0.25, -0.2) is 0 Å². The van der Waals surface area contributed by atoms with Crippen LogP contribution < -0.4 is 10.6 Å². The van der Waals surface area contributed by atoms with E-state index in [4.69, 9.17) is 10.2 Å². The maximum absolute atomic E-state index is 11.0. The van der Waals surface area contributed by atoms with Gasteiger partial charge in [-0.15, -0.1) is 0 Å². The van der Waals surface area contributed by atoms with Crippen LogP contribution in [0.15, 0.2) is 0 Å². The van der Waals surface area contributed by atoms with Gasteiger partial charge in [0.1, 0.15) is 0 Å². The molecule has 0 aromatic carbocycles. The molecular weight excluding hydrogens is 172 g/mol. The molecule has 0 aliphatic heterocycles. The molecule has 4 N–H and O–H groups in total. The number of hydrogen-bond donors (Lipinski definition) is 4. The summed E-state index contributed by atoms with van der Waals surface area (Å²) >= 11 is 0. The van der Waals surface area contributed by atoms with Crippen molar-refractivity contribution in [2.24, 2.45) is 0 Å². The van der Waals surface area contributed by atoms with Crippen LogP contribution in [0.2, 0.25) is 0 Å². The molecule has 0 aromatic rings. The third-order valence-corrected chi connectivity index (χ3v) is 1.33. The largest absolute Gasteiger partial charge is 0.394 e. The van der Waals surface area contributed by atoms with Crippen molar-refractivity contribution >= 4 is 5.91 Å². The van der Waals surface area contributed by atoms with Crippen LogP contribution in [0.25, 0.3) is 0 Å². The Balaban J connectivity index is 3.37. The van der Waals surface area contributed by atoms with E-state index in [1.54, 1.807) is 0 Å². The summed E-state index contributed by atoms with van der Waals surface area (Å²) in [6.07, 6.45) is -0.799. The maximum Gasteiger partial charge on any atom is 0.234 e. The quantitative estimate of drug-likeness (QED) is 0.409. The number of hydrogen-bond acceptors (Lipinski definition) is 4. The van der Waals surface area contributed by atoms with Crippen LogP contribution in [0.1, 0.15) is 13.8 Å². The predicted octanol–water partition coefficient (Wildman–Crippen LogP) is -1.55. The van der Waals surface area contributed by atoms with Gasteiger partial charge in [0, 0.05) is 12.6 Å². The summed E-state index contributed by atoms with van der Waals surface area (Å²) in [7, 11) is 0. The Morgan fingerprint density at radius 1 is 1.46 bits per heavy atom. The molecule has 0 bridgehead atoms. The number of amides is 1. The Morgan fingerprint density at radius 2 is 2.08 bits per heavy atom. The van der Waals surface area contributed by atoms with Crippen LogP contribution in [0, 0.1) is 0 Å². The Labute approximate surface area is 78.1 Å². The highest BCUT2D eigenvalue weighted by molar-refractivity contribution is 5.78. The second kappa shape index (κ2) is 6.82. The van der Waals surface area contributed by atoms with Crippen molar-refractivity contribution in [3.05, 3.63) is 0 Å². The highest BCUT2D eigenvalue weighted by Gasteiger charge is 2.04. The van der Waals surface area contributed by atoms with E-state index in [0.717, 1.165) is 0 Å². The molecule has 1 atom stereocenters. The Kier molecular flexibility index (Phi) is 6.48. The van der Waals surface area contributed by atoms with Gasteiger partial charge in [0.05, 0.1) is 19.3 Å². The SMILES string of the molecule is CC(C)NC(=O)CNCC(O)CO. The third kappa shape index (κ3) is 7.70. The van der Waals surface area contributed by atoms with Gasteiger partial charge in [-0.05, 0) is 13.8 Å². The zero-order valence-corrected chi connectivity index (χ0v) is 8.08. The predicted molar refractivity (Wildman–Crippen MR) is 49.2 cm³/mol. The highest BCUT2D eigenvalue weighted by Crippen LogP contribution is 1.78. The minimum absolute atomic E-state index is 0.111. The molecule has 0 aromatic heterocycles. The van der Waals surface area contributed by atoms with Crippen LogP contribution in [0.3, 0.4) is 0 Å². The van der Waals surface area contributed by atoms with Crippen molar-refractivity contribution in [2.75, 3.05) is 19.7 Å². The van der Waals surface area contributed by atoms with E-state index in [-0.39, 0.29) is 31.6 Å². The number of rotatable bonds is 6. The molecule has 5 nitrogen and oxygen atoms in total. The molecule has 0 spiro atoms. The average Bonchev–Trinajstić information content (AvgIpc) is 2.02. The van der Waals surface area contributed by atoms with Crippen LogP contribution in [0.5, 0.6) is 0 Å². The molecule has 0 aliphatic rings. The van der Waals surface area contributed by atoms with Crippen molar-refractivity contribution in [3.8, 4) is 0 Å². The van der Waals surface area contributed by atoms with Crippen LogP contribution >= 0.6 is 0 Å². The molecule has 1 unspecified atom stereocenters. The molecular formula is C8H18N2O3.